The molecule has 0 aromatic heterocycles. The molecule has 1 aliphatic rings. The van der Waals surface area contributed by atoms with Crippen molar-refractivity contribution in [2.45, 2.75) is 38.6 Å². The van der Waals surface area contributed by atoms with Crippen molar-refractivity contribution in [3.63, 3.8) is 0 Å². The second kappa shape index (κ2) is 5.80. The van der Waals surface area contributed by atoms with Crippen molar-refractivity contribution in [1.82, 2.24) is 0 Å². The van der Waals surface area contributed by atoms with Crippen LogP contribution in [0.2, 0.25) is 0 Å². The molecule has 0 spiro atoms. The zero-order valence-corrected chi connectivity index (χ0v) is 10.3. The average Bonchev–Trinajstić information content (AvgIpc) is 2.86. The van der Waals surface area contributed by atoms with Gasteiger partial charge in [-0.2, -0.15) is 4.91 Å². The van der Waals surface area contributed by atoms with Gasteiger partial charge in [0.2, 0.25) is 0 Å². The minimum Gasteiger partial charge on any atom is -0.494 e. The number of ether oxygens (including phenoxy) is 1. The van der Waals surface area contributed by atoms with E-state index in [4.69, 9.17) is 4.74 Å². The van der Waals surface area contributed by atoms with Gasteiger partial charge in [-0.15, -0.1) is 0 Å². The monoisotopic (exact) mass is 233 g/mol. The van der Waals surface area contributed by atoms with Crippen LogP contribution in [-0.4, -0.2) is 6.61 Å². The molecule has 0 saturated heterocycles. The van der Waals surface area contributed by atoms with Gasteiger partial charge < -0.3 is 4.74 Å². The molecule has 0 bridgehead atoms. The Morgan fingerprint density at radius 2 is 2.06 bits per heavy atom. The fourth-order valence-corrected chi connectivity index (χ4v) is 2.68. The number of nitroso groups, excluding NO2 is 1. The maximum atomic E-state index is 11.1. The summed E-state index contributed by atoms with van der Waals surface area (Å²) in [6.45, 7) is 2.57. The maximum Gasteiger partial charge on any atom is 0.124 e. The van der Waals surface area contributed by atoms with E-state index in [9.17, 15) is 4.91 Å². The molecule has 3 heteroatoms. The lowest BCUT2D eigenvalue weighted by Crippen LogP contribution is -2.09. The molecule has 0 radical (unpaired) electrons. The lowest BCUT2D eigenvalue weighted by Gasteiger charge is -2.19. The summed E-state index contributed by atoms with van der Waals surface area (Å²) < 4.78 is 5.58. The molecule has 0 aliphatic heterocycles. The van der Waals surface area contributed by atoms with E-state index in [1.165, 1.54) is 12.8 Å². The minimum absolute atomic E-state index is 0.236. The van der Waals surface area contributed by atoms with Gasteiger partial charge in [0.1, 0.15) is 11.8 Å². The Kier molecular flexibility index (Phi) is 4.13. The molecule has 0 heterocycles. The number of hydrogen-bond acceptors (Lipinski definition) is 3. The van der Waals surface area contributed by atoms with Gasteiger partial charge in [0.05, 0.1) is 6.61 Å². The zero-order chi connectivity index (χ0) is 12.1. The first kappa shape index (κ1) is 12.1. The highest BCUT2D eigenvalue weighted by Crippen LogP contribution is 2.41. The molecule has 1 unspecified atom stereocenters. The molecular weight excluding hydrogens is 214 g/mol. The topological polar surface area (TPSA) is 38.7 Å². The molecule has 0 amide bonds. The standard InChI is InChI=1S/C14H19NO2/c1-2-17-13-10-6-5-9-12(13)14(15-16)11-7-3-4-8-11/h5-6,9-11,14H,2-4,7-8H2,1H3. The van der Waals surface area contributed by atoms with E-state index in [-0.39, 0.29) is 6.04 Å². The van der Waals surface area contributed by atoms with Gasteiger partial charge in [-0.1, -0.05) is 36.2 Å². The average molecular weight is 233 g/mol. The van der Waals surface area contributed by atoms with Gasteiger partial charge in [0, 0.05) is 5.56 Å². The normalized spacial score (nSPS) is 17.9. The lowest BCUT2D eigenvalue weighted by molar-refractivity contribution is 0.327. The van der Waals surface area contributed by atoms with Crippen LogP contribution in [0.5, 0.6) is 5.75 Å². The Balaban J connectivity index is 2.25. The third-order valence-electron chi connectivity index (χ3n) is 3.50. The minimum atomic E-state index is -0.236. The van der Waals surface area contributed by atoms with Crippen molar-refractivity contribution in [2.75, 3.05) is 6.61 Å². The van der Waals surface area contributed by atoms with Crippen LogP contribution in [0.15, 0.2) is 29.4 Å². The van der Waals surface area contributed by atoms with E-state index < -0.39 is 0 Å². The Morgan fingerprint density at radius 1 is 1.35 bits per heavy atom. The maximum absolute atomic E-state index is 11.1. The fourth-order valence-electron chi connectivity index (χ4n) is 2.68. The zero-order valence-electron chi connectivity index (χ0n) is 10.3. The largest absolute Gasteiger partial charge is 0.494 e. The van der Waals surface area contributed by atoms with Crippen LogP contribution in [0.3, 0.4) is 0 Å². The van der Waals surface area contributed by atoms with Crippen molar-refractivity contribution in [2.24, 2.45) is 11.1 Å². The first-order chi connectivity index (χ1) is 8.36. The molecule has 3 nitrogen and oxygen atoms in total. The van der Waals surface area contributed by atoms with Gasteiger partial charge >= 0.3 is 0 Å². The SMILES string of the molecule is CCOc1ccccc1C(N=O)C1CCCC1. The van der Waals surface area contributed by atoms with E-state index >= 15 is 0 Å². The molecule has 1 aromatic carbocycles. The van der Waals surface area contributed by atoms with Crippen LogP contribution in [0.1, 0.15) is 44.2 Å². The van der Waals surface area contributed by atoms with Crippen LogP contribution in [0.4, 0.5) is 0 Å². The summed E-state index contributed by atoms with van der Waals surface area (Å²) in [5, 5.41) is 3.35. The molecule has 1 aliphatic carbocycles. The van der Waals surface area contributed by atoms with Crippen LogP contribution >= 0.6 is 0 Å². The predicted molar refractivity (Wildman–Crippen MR) is 68.1 cm³/mol. The van der Waals surface area contributed by atoms with Gasteiger partial charge in [-0.05, 0) is 31.7 Å². The first-order valence-electron chi connectivity index (χ1n) is 6.41. The molecular formula is C14H19NO2. The summed E-state index contributed by atoms with van der Waals surface area (Å²) in [6, 6.07) is 7.54. The van der Waals surface area contributed by atoms with Crippen LogP contribution in [0, 0.1) is 10.8 Å². The highest BCUT2D eigenvalue weighted by atomic mass is 16.5. The van der Waals surface area contributed by atoms with Gasteiger partial charge in [0.15, 0.2) is 0 Å². The summed E-state index contributed by atoms with van der Waals surface area (Å²) in [6.07, 6.45) is 4.65. The highest BCUT2D eigenvalue weighted by molar-refractivity contribution is 5.36. The van der Waals surface area contributed by atoms with E-state index in [0.29, 0.717) is 12.5 Å². The molecule has 92 valence electrons. The second-order valence-electron chi connectivity index (χ2n) is 4.57. The lowest BCUT2D eigenvalue weighted by atomic mass is 9.92. The third kappa shape index (κ3) is 2.65. The first-order valence-corrected chi connectivity index (χ1v) is 6.41. The number of nitrogens with zero attached hydrogens (tertiary/aromatic N) is 1. The van der Waals surface area contributed by atoms with Crippen molar-refractivity contribution >= 4 is 0 Å². The number of para-hydroxylation sites is 1. The third-order valence-corrected chi connectivity index (χ3v) is 3.50. The summed E-state index contributed by atoms with van der Waals surface area (Å²) in [5.41, 5.74) is 0.955. The van der Waals surface area contributed by atoms with Crippen LogP contribution < -0.4 is 4.74 Å². The van der Waals surface area contributed by atoms with Crippen molar-refractivity contribution in [1.29, 1.82) is 0 Å². The van der Waals surface area contributed by atoms with Gasteiger partial charge in [0.25, 0.3) is 0 Å². The second-order valence-corrected chi connectivity index (χ2v) is 4.57. The van der Waals surface area contributed by atoms with Crippen molar-refractivity contribution in [3.8, 4) is 5.75 Å². The summed E-state index contributed by atoms with van der Waals surface area (Å²) in [4.78, 5) is 11.1. The highest BCUT2D eigenvalue weighted by Gasteiger charge is 2.29. The van der Waals surface area contributed by atoms with Gasteiger partial charge in [-0.25, -0.2) is 0 Å². The molecule has 0 N–H and O–H groups in total. The fraction of sp³-hybridized carbons (Fsp3) is 0.571. The molecule has 2 rings (SSSR count). The summed E-state index contributed by atoms with van der Waals surface area (Å²) in [7, 11) is 0. The summed E-state index contributed by atoms with van der Waals surface area (Å²) in [5.74, 6) is 1.21. The quantitative estimate of drug-likeness (QED) is 0.719. The van der Waals surface area contributed by atoms with Crippen LogP contribution in [-0.2, 0) is 0 Å². The van der Waals surface area contributed by atoms with E-state index in [2.05, 4.69) is 5.18 Å². The van der Waals surface area contributed by atoms with Crippen molar-refractivity contribution < 1.29 is 4.74 Å². The van der Waals surface area contributed by atoms with Gasteiger partial charge in [-0.3, -0.25) is 0 Å². The van der Waals surface area contributed by atoms with E-state index in [1.54, 1.807) is 0 Å². The molecule has 17 heavy (non-hydrogen) atoms. The number of hydrogen-bond donors (Lipinski definition) is 0. The molecule has 1 atom stereocenters. The Labute approximate surface area is 102 Å². The van der Waals surface area contributed by atoms with Crippen LogP contribution in [0.25, 0.3) is 0 Å². The molecule has 1 aromatic rings. The Hall–Kier alpha value is -1.38. The Morgan fingerprint density at radius 3 is 2.71 bits per heavy atom. The predicted octanol–water partition coefficient (Wildman–Crippen LogP) is 4.08. The molecule has 1 saturated carbocycles. The van der Waals surface area contributed by atoms with Crippen molar-refractivity contribution in [3.05, 3.63) is 34.7 Å². The van der Waals surface area contributed by atoms with E-state index in [1.807, 2.05) is 31.2 Å². The van der Waals surface area contributed by atoms with E-state index in [0.717, 1.165) is 24.2 Å². The summed E-state index contributed by atoms with van der Waals surface area (Å²) >= 11 is 0. The Bertz CT molecular complexity index is 372. The molecule has 1 fully saturated rings. The number of rotatable bonds is 5. The number of benzene rings is 1. The smallest absolute Gasteiger partial charge is 0.124 e.